The monoisotopic (exact) mass is 586 g/mol. The Balaban J connectivity index is 0. The van der Waals surface area contributed by atoms with Crippen LogP contribution in [0.3, 0.4) is 0 Å². The summed E-state index contributed by atoms with van der Waals surface area (Å²) in [5, 5.41) is 0. The van der Waals surface area contributed by atoms with Gasteiger partial charge in [0.05, 0.1) is 0 Å². The predicted octanol–water partition coefficient (Wildman–Crippen LogP) is 6.66. The summed E-state index contributed by atoms with van der Waals surface area (Å²) >= 11 is -0.313. The SMILES string of the molecule is CC.CC.CC(=O)OI(OC(C)=O)c1ccccc1.Ic1ccccc1. The molecule has 146 valence electrons. The molecule has 0 N–H and O–H groups in total. The maximum Gasteiger partial charge on any atom is 0.0130 e. The molecule has 0 spiro atoms. The van der Waals surface area contributed by atoms with E-state index in [9.17, 15) is 9.59 Å². The van der Waals surface area contributed by atoms with Crippen LogP contribution in [-0.2, 0) is 15.7 Å². The van der Waals surface area contributed by atoms with Gasteiger partial charge in [0.1, 0.15) is 0 Å². The molecule has 26 heavy (non-hydrogen) atoms. The summed E-state index contributed by atoms with van der Waals surface area (Å²) in [6.45, 7) is 10.6. The number of benzene rings is 2. The van der Waals surface area contributed by atoms with E-state index in [1.807, 2.05) is 64.1 Å². The van der Waals surface area contributed by atoms with E-state index in [1.54, 1.807) is 12.1 Å². The fraction of sp³-hybridized carbons (Fsp3) is 0.300. The third-order valence-corrected chi connectivity index (χ3v) is 6.50. The second-order valence-electron chi connectivity index (χ2n) is 3.95. The first-order valence-electron chi connectivity index (χ1n) is 8.32. The standard InChI is InChI=1S/C10H11IO4.C6H5I.2C2H6/c1-8(12)14-11(15-9(2)13)10-6-4-3-5-7-10;7-6-4-2-1-3-5-6;2*1-2/h3-7H,1-2H3;1-5H;2*1-2H3. The summed E-state index contributed by atoms with van der Waals surface area (Å²) in [5.41, 5.74) is 0. The van der Waals surface area contributed by atoms with Gasteiger partial charge in [0.2, 0.25) is 0 Å². The molecular weight excluding hydrogens is 558 g/mol. The molecule has 2 rings (SSSR count). The van der Waals surface area contributed by atoms with Crippen LogP contribution in [-0.4, -0.2) is 11.9 Å². The molecule has 0 bridgehead atoms. The summed E-state index contributed by atoms with van der Waals surface area (Å²) in [6, 6.07) is 19.3. The average molecular weight is 586 g/mol. The van der Waals surface area contributed by atoms with Crippen molar-refractivity contribution in [1.29, 1.82) is 0 Å². The van der Waals surface area contributed by atoms with Gasteiger partial charge in [0, 0.05) is 3.57 Å². The Bertz CT molecular complexity index is 573. The van der Waals surface area contributed by atoms with Crippen LogP contribution in [0.4, 0.5) is 0 Å². The van der Waals surface area contributed by atoms with Crippen molar-refractivity contribution < 1.29 is 15.7 Å². The molecule has 2 aromatic rings. The molecule has 0 saturated carbocycles. The van der Waals surface area contributed by atoms with Gasteiger partial charge in [-0.3, -0.25) is 0 Å². The van der Waals surface area contributed by atoms with Crippen LogP contribution in [0.5, 0.6) is 0 Å². The van der Waals surface area contributed by atoms with E-state index in [0.717, 1.165) is 3.57 Å². The van der Waals surface area contributed by atoms with Crippen molar-refractivity contribution in [2.24, 2.45) is 0 Å². The Morgan fingerprint density at radius 3 is 1.35 bits per heavy atom. The average Bonchev–Trinajstić information content (AvgIpc) is 2.66. The summed E-state index contributed by atoms with van der Waals surface area (Å²) in [7, 11) is 0. The van der Waals surface area contributed by atoms with E-state index in [-0.39, 0.29) is 0 Å². The molecule has 6 heteroatoms. The zero-order chi connectivity index (χ0) is 20.4. The van der Waals surface area contributed by atoms with Crippen molar-refractivity contribution in [3.05, 3.63) is 67.8 Å². The molecule has 0 unspecified atom stereocenters. The minimum absolute atomic E-state index is 0.426. The van der Waals surface area contributed by atoms with Gasteiger partial charge in [-0.25, -0.2) is 0 Å². The largest absolute Gasteiger partial charge is 0.0622 e. The van der Waals surface area contributed by atoms with E-state index in [2.05, 4.69) is 34.7 Å². The van der Waals surface area contributed by atoms with Gasteiger partial charge < -0.3 is 0 Å². The van der Waals surface area contributed by atoms with Gasteiger partial charge in [-0.05, 0) is 34.7 Å². The molecule has 0 radical (unpaired) electrons. The van der Waals surface area contributed by atoms with E-state index < -0.39 is 32.6 Å². The van der Waals surface area contributed by atoms with Gasteiger partial charge >= 0.3 is 96.1 Å². The Labute approximate surface area is 179 Å². The minimum atomic E-state index is -2.59. The third-order valence-electron chi connectivity index (χ3n) is 2.00. The zero-order valence-electron chi connectivity index (χ0n) is 16.2. The molecule has 0 atom stereocenters. The minimum Gasteiger partial charge on any atom is -0.0622 e. The first-order valence-corrected chi connectivity index (χ1v) is 12.2. The van der Waals surface area contributed by atoms with Crippen LogP contribution in [0.2, 0.25) is 0 Å². The molecule has 0 aliphatic carbocycles. The topological polar surface area (TPSA) is 52.6 Å². The number of hydrogen-bond acceptors (Lipinski definition) is 4. The predicted molar refractivity (Wildman–Crippen MR) is 125 cm³/mol. The first-order chi connectivity index (χ1) is 12.5. The molecule has 0 fully saturated rings. The van der Waals surface area contributed by atoms with E-state index >= 15 is 0 Å². The van der Waals surface area contributed by atoms with Crippen molar-refractivity contribution in [3.8, 4) is 0 Å². The van der Waals surface area contributed by atoms with Crippen molar-refractivity contribution in [1.82, 2.24) is 0 Å². The van der Waals surface area contributed by atoms with Crippen molar-refractivity contribution in [3.63, 3.8) is 0 Å². The molecular formula is C20H28I2O4. The molecule has 0 aliphatic rings. The summed E-state index contributed by atoms with van der Waals surface area (Å²) in [5.74, 6) is -0.851. The fourth-order valence-corrected chi connectivity index (χ4v) is 4.38. The molecule has 0 aromatic heterocycles. The fourth-order valence-electron chi connectivity index (χ4n) is 1.23. The smallest absolute Gasteiger partial charge is 0.0130 e. The van der Waals surface area contributed by atoms with Crippen LogP contribution in [0.25, 0.3) is 0 Å². The first kappa shape index (κ1) is 27.1. The van der Waals surface area contributed by atoms with Crippen molar-refractivity contribution >= 4 is 55.2 Å². The van der Waals surface area contributed by atoms with Gasteiger partial charge in [-0.15, -0.1) is 0 Å². The molecule has 2 aromatic carbocycles. The molecule has 0 aliphatic heterocycles. The van der Waals surface area contributed by atoms with Crippen LogP contribution in [0.15, 0.2) is 60.7 Å². The third kappa shape index (κ3) is 15.1. The number of carbonyl (C=O) groups excluding carboxylic acids is 2. The Morgan fingerprint density at radius 2 is 1.08 bits per heavy atom. The summed E-state index contributed by atoms with van der Waals surface area (Å²) in [6.07, 6.45) is 0. The van der Waals surface area contributed by atoms with E-state index in [4.69, 9.17) is 6.13 Å². The molecule has 4 nitrogen and oxygen atoms in total. The van der Waals surface area contributed by atoms with E-state index in [1.165, 1.54) is 17.4 Å². The second-order valence-corrected chi connectivity index (χ2v) is 8.56. The van der Waals surface area contributed by atoms with Crippen LogP contribution in [0, 0.1) is 7.14 Å². The Kier molecular flexibility index (Phi) is 19.4. The second kappa shape index (κ2) is 18.6. The number of halogens is 2. The molecule has 0 heterocycles. The Morgan fingerprint density at radius 1 is 0.731 bits per heavy atom. The van der Waals surface area contributed by atoms with Crippen LogP contribution >= 0.6 is 43.2 Å². The quantitative estimate of drug-likeness (QED) is 0.378. The summed E-state index contributed by atoms with van der Waals surface area (Å²) in [4.78, 5) is 21.7. The number of rotatable bonds is 3. The van der Waals surface area contributed by atoms with Gasteiger partial charge in [-0.1, -0.05) is 45.9 Å². The molecule has 0 saturated heterocycles. The van der Waals surface area contributed by atoms with Crippen LogP contribution in [0.1, 0.15) is 41.5 Å². The Hall–Kier alpha value is -1.16. The van der Waals surface area contributed by atoms with Crippen molar-refractivity contribution in [2.45, 2.75) is 41.5 Å². The number of carbonyl (C=O) groups is 2. The molecule has 0 amide bonds. The summed E-state index contributed by atoms with van der Waals surface area (Å²) < 4.78 is 12.1. The maximum atomic E-state index is 10.8. The van der Waals surface area contributed by atoms with Crippen LogP contribution < -0.4 is 0 Å². The van der Waals surface area contributed by atoms with Gasteiger partial charge in [0.25, 0.3) is 0 Å². The number of hydrogen-bond donors (Lipinski definition) is 0. The maximum absolute atomic E-state index is 10.8. The van der Waals surface area contributed by atoms with E-state index in [0.29, 0.717) is 0 Å². The normalized spacial score (nSPS) is 8.81. The van der Waals surface area contributed by atoms with Gasteiger partial charge in [-0.2, -0.15) is 0 Å². The van der Waals surface area contributed by atoms with Crippen molar-refractivity contribution in [2.75, 3.05) is 0 Å². The van der Waals surface area contributed by atoms with Gasteiger partial charge in [0.15, 0.2) is 0 Å². The zero-order valence-corrected chi connectivity index (χ0v) is 20.5.